The second kappa shape index (κ2) is 7.77. The molecule has 0 fully saturated rings. The van der Waals surface area contributed by atoms with Crippen LogP contribution in [0, 0.1) is 5.82 Å². The monoisotopic (exact) mass is 332 g/mol. The van der Waals surface area contributed by atoms with Crippen LogP contribution in [0.15, 0.2) is 36.7 Å². The van der Waals surface area contributed by atoms with Gasteiger partial charge in [-0.2, -0.15) is 0 Å². The Balaban J connectivity index is 2.38. The molecule has 2 rings (SSSR count). The van der Waals surface area contributed by atoms with Gasteiger partial charge in [-0.1, -0.05) is 0 Å². The molecule has 0 bridgehead atoms. The van der Waals surface area contributed by atoms with E-state index < -0.39 is 11.7 Å². The lowest BCUT2D eigenvalue weighted by molar-refractivity contribution is 0.0697. The predicted octanol–water partition coefficient (Wildman–Crippen LogP) is 3.46. The summed E-state index contributed by atoms with van der Waals surface area (Å²) in [5, 5.41) is 0. The van der Waals surface area contributed by atoms with Gasteiger partial charge >= 0.3 is 0 Å². The Labute approximate surface area is 141 Å². The molecule has 0 radical (unpaired) electrons. The number of hydrogen-bond donors (Lipinski definition) is 0. The van der Waals surface area contributed by atoms with Gasteiger partial charge in [0.2, 0.25) is 0 Å². The quantitative estimate of drug-likeness (QED) is 0.813. The van der Waals surface area contributed by atoms with E-state index in [4.69, 9.17) is 9.47 Å². The van der Waals surface area contributed by atoms with Crippen LogP contribution in [-0.4, -0.2) is 36.6 Å². The fourth-order valence-electron chi connectivity index (χ4n) is 2.59. The average molecular weight is 332 g/mol. The van der Waals surface area contributed by atoms with Crippen molar-refractivity contribution in [3.05, 3.63) is 53.6 Å². The second-order valence-electron chi connectivity index (χ2n) is 5.23. The fourth-order valence-corrected chi connectivity index (χ4v) is 2.59. The standard InChI is InChI=1S/C18H21FN2O3/c1-5-21(12(2)13-6-8-20-9-7-13)18(22)14-10-16(23-3)17(24-4)11-15(14)19/h6-12H,5H2,1-4H3/t12-/m1/s1. The minimum absolute atomic E-state index is 0.0459. The fraction of sp³-hybridized carbons (Fsp3) is 0.333. The van der Waals surface area contributed by atoms with E-state index in [0.29, 0.717) is 12.3 Å². The molecule has 1 aromatic carbocycles. The number of methoxy groups -OCH3 is 2. The first kappa shape index (κ1) is 17.7. The lowest BCUT2D eigenvalue weighted by Crippen LogP contribution is -2.34. The first-order valence-electron chi connectivity index (χ1n) is 7.65. The van der Waals surface area contributed by atoms with Gasteiger partial charge in [-0.3, -0.25) is 9.78 Å². The van der Waals surface area contributed by atoms with Crippen molar-refractivity contribution in [3.63, 3.8) is 0 Å². The van der Waals surface area contributed by atoms with Crippen LogP contribution in [0.4, 0.5) is 4.39 Å². The Hall–Kier alpha value is -2.63. The molecule has 0 saturated carbocycles. The van der Waals surface area contributed by atoms with Crippen LogP contribution in [0.5, 0.6) is 11.5 Å². The van der Waals surface area contributed by atoms with E-state index in [9.17, 15) is 9.18 Å². The molecule has 2 aromatic rings. The van der Waals surface area contributed by atoms with Crippen LogP contribution in [0.2, 0.25) is 0 Å². The van der Waals surface area contributed by atoms with Crippen LogP contribution in [0.3, 0.4) is 0 Å². The molecule has 0 N–H and O–H groups in total. The summed E-state index contributed by atoms with van der Waals surface area (Å²) in [5.74, 6) is -0.482. The topological polar surface area (TPSA) is 51.7 Å². The third-order valence-electron chi connectivity index (χ3n) is 3.96. The SMILES string of the molecule is CCN(C(=O)c1cc(OC)c(OC)cc1F)[C@H](C)c1ccncc1. The molecule has 128 valence electrons. The van der Waals surface area contributed by atoms with Crippen molar-refractivity contribution < 1.29 is 18.7 Å². The molecule has 0 aliphatic heterocycles. The van der Waals surface area contributed by atoms with Crippen molar-refractivity contribution in [2.75, 3.05) is 20.8 Å². The van der Waals surface area contributed by atoms with Crippen LogP contribution >= 0.6 is 0 Å². The van der Waals surface area contributed by atoms with Gasteiger partial charge in [0.15, 0.2) is 11.5 Å². The summed E-state index contributed by atoms with van der Waals surface area (Å²) >= 11 is 0. The highest BCUT2D eigenvalue weighted by molar-refractivity contribution is 5.95. The van der Waals surface area contributed by atoms with Gasteiger partial charge in [-0.05, 0) is 37.6 Å². The molecule has 1 atom stereocenters. The molecule has 1 amide bonds. The van der Waals surface area contributed by atoms with Crippen LogP contribution in [-0.2, 0) is 0 Å². The molecular weight excluding hydrogens is 311 g/mol. The van der Waals surface area contributed by atoms with E-state index in [-0.39, 0.29) is 17.4 Å². The number of benzene rings is 1. The van der Waals surface area contributed by atoms with E-state index in [1.807, 2.05) is 26.0 Å². The van der Waals surface area contributed by atoms with Gasteiger partial charge in [0.05, 0.1) is 25.8 Å². The zero-order valence-corrected chi connectivity index (χ0v) is 14.2. The summed E-state index contributed by atoms with van der Waals surface area (Å²) in [4.78, 5) is 18.4. The number of rotatable bonds is 6. The van der Waals surface area contributed by atoms with Gasteiger partial charge in [0.25, 0.3) is 5.91 Å². The third-order valence-corrected chi connectivity index (χ3v) is 3.96. The molecule has 5 nitrogen and oxygen atoms in total. The molecule has 0 saturated heterocycles. The molecule has 1 aromatic heterocycles. The van der Waals surface area contributed by atoms with Gasteiger partial charge in [-0.25, -0.2) is 4.39 Å². The number of halogens is 1. The Bertz CT molecular complexity index is 707. The largest absolute Gasteiger partial charge is 0.493 e. The van der Waals surface area contributed by atoms with E-state index >= 15 is 0 Å². The minimum Gasteiger partial charge on any atom is -0.493 e. The van der Waals surface area contributed by atoms with Crippen molar-refractivity contribution in [2.24, 2.45) is 0 Å². The maximum atomic E-state index is 14.4. The van der Waals surface area contributed by atoms with Crippen molar-refractivity contribution in [1.29, 1.82) is 0 Å². The number of ether oxygens (including phenoxy) is 2. The maximum absolute atomic E-state index is 14.4. The first-order valence-corrected chi connectivity index (χ1v) is 7.65. The molecule has 1 heterocycles. The first-order chi connectivity index (χ1) is 11.5. The number of pyridine rings is 1. The zero-order valence-electron chi connectivity index (χ0n) is 14.2. The molecule has 0 aliphatic carbocycles. The Kier molecular flexibility index (Phi) is 5.73. The number of amides is 1. The highest BCUT2D eigenvalue weighted by atomic mass is 19.1. The molecule has 6 heteroatoms. The summed E-state index contributed by atoms with van der Waals surface area (Å²) < 4.78 is 24.6. The van der Waals surface area contributed by atoms with Crippen molar-refractivity contribution in [2.45, 2.75) is 19.9 Å². The van der Waals surface area contributed by atoms with Gasteiger partial charge < -0.3 is 14.4 Å². The van der Waals surface area contributed by atoms with E-state index in [1.54, 1.807) is 17.3 Å². The van der Waals surface area contributed by atoms with Crippen molar-refractivity contribution in [3.8, 4) is 11.5 Å². The second-order valence-corrected chi connectivity index (χ2v) is 5.23. The highest BCUT2D eigenvalue weighted by Crippen LogP contribution is 2.31. The molecule has 0 aliphatic rings. The van der Waals surface area contributed by atoms with E-state index in [2.05, 4.69) is 4.98 Å². The summed E-state index contributed by atoms with van der Waals surface area (Å²) in [6, 6.07) is 6.00. The minimum atomic E-state index is -0.641. The Morgan fingerprint density at radius 2 is 1.79 bits per heavy atom. The highest BCUT2D eigenvalue weighted by Gasteiger charge is 2.25. The lowest BCUT2D eigenvalue weighted by atomic mass is 10.1. The van der Waals surface area contributed by atoms with Gasteiger partial charge in [-0.15, -0.1) is 0 Å². The van der Waals surface area contributed by atoms with Crippen LogP contribution in [0.1, 0.15) is 35.8 Å². The Morgan fingerprint density at radius 1 is 1.21 bits per heavy atom. The maximum Gasteiger partial charge on any atom is 0.257 e. The summed E-state index contributed by atoms with van der Waals surface area (Å²) in [6.45, 7) is 4.19. The van der Waals surface area contributed by atoms with Crippen molar-refractivity contribution in [1.82, 2.24) is 9.88 Å². The smallest absolute Gasteiger partial charge is 0.257 e. The predicted molar refractivity (Wildman–Crippen MR) is 88.9 cm³/mol. The average Bonchev–Trinajstić information content (AvgIpc) is 2.62. The van der Waals surface area contributed by atoms with Crippen LogP contribution < -0.4 is 9.47 Å². The number of hydrogen-bond acceptors (Lipinski definition) is 4. The summed E-state index contributed by atoms with van der Waals surface area (Å²) in [7, 11) is 2.86. The number of carbonyl (C=O) groups is 1. The molecular formula is C18H21FN2O3. The number of aromatic nitrogens is 1. The van der Waals surface area contributed by atoms with E-state index in [1.165, 1.54) is 20.3 Å². The van der Waals surface area contributed by atoms with Gasteiger partial charge in [0, 0.05) is 25.0 Å². The molecule has 0 unspecified atom stereocenters. The summed E-state index contributed by atoms with van der Waals surface area (Å²) in [6.07, 6.45) is 3.34. The van der Waals surface area contributed by atoms with Crippen molar-refractivity contribution >= 4 is 5.91 Å². The number of carbonyl (C=O) groups excluding carboxylic acids is 1. The number of nitrogens with zero attached hydrogens (tertiary/aromatic N) is 2. The zero-order chi connectivity index (χ0) is 17.7. The normalized spacial score (nSPS) is 11.7. The van der Waals surface area contributed by atoms with Crippen LogP contribution in [0.25, 0.3) is 0 Å². The molecule has 24 heavy (non-hydrogen) atoms. The Morgan fingerprint density at radius 3 is 2.33 bits per heavy atom. The van der Waals surface area contributed by atoms with E-state index in [0.717, 1.165) is 11.6 Å². The van der Waals surface area contributed by atoms with Gasteiger partial charge in [0.1, 0.15) is 5.82 Å². The summed E-state index contributed by atoms with van der Waals surface area (Å²) in [5.41, 5.74) is 0.886. The third kappa shape index (κ3) is 3.48. The molecule has 0 spiro atoms. The lowest BCUT2D eigenvalue weighted by Gasteiger charge is -2.28.